The zero-order valence-corrected chi connectivity index (χ0v) is 20.7. The van der Waals surface area contributed by atoms with Crippen molar-refractivity contribution >= 4 is 26.8 Å². The van der Waals surface area contributed by atoms with Crippen LogP contribution < -0.4 is 15.7 Å². The van der Waals surface area contributed by atoms with Gasteiger partial charge in [0.1, 0.15) is 21.4 Å². The summed E-state index contributed by atoms with van der Waals surface area (Å²) in [6.45, 7) is 2.15. The van der Waals surface area contributed by atoms with Crippen molar-refractivity contribution in [2.24, 2.45) is 0 Å². The molecule has 8 nitrogen and oxygen atoms in total. The maximum atomic E-state index is 14.8. The van der Waals surface area contributed by atoms with Gasteiger partial charge in [-0.1, -0.05) is 0 Å². The van der Waals surface area contributed by atoms with Crippen molar-refractivity contribution in [3.05, 3.63) is 58.3 Å². The molecule has 0 unspecified atom stereocenters. The third-order valence-electron chi connectivity index (χ3n) is 6.38. The number of nitrogens with zero attached hydrogens (tertiary/aromatic N) is 2. The summed E-state index contributed by atoms with van der Waals surface area (Å²) >= 11 is 0. The summed E-state index contributed by atoms with van der Waals surface area (Å²) < 4.78 is 70.5. The van der Waals surface area contributed by atoms with Gasteiger partial charge in [0.15, 0.2) is 0 Å². The fourth-order valence-corrected chi connectivity index (χ4v) is 6.12. The highest BCUT2D eigenvalue weighted by Gasteiger charge is 2.35. The first-order chi connectivity index (χ1) is 16.8. The molecule has 0 saturated carbocycles. The minimum absolute atomic E-state index is 0.0154. The molecule has 1 N–H and O–H groups in total. The third-order valence-corrected chi connectivity index (χ3v) is 8.03. The van der Waals surface area contributed by atoms with Crippen LogP contribution in [0.2, 0.25) is 0 Å². The summed E-state index contributed by atoms with van der Waals surface area (Å²) in [6, 6.07) is 7.08. The van der Waals surface area contributed by atoms with Gasteiger partial charge in [-0.3, -0.25) is 13.9 Å². The third kappa shape index (κ3) is 4.99. The highest BCUT2D eigenvalue weighted by Crippen LogP contribution is 2.28. The molecule has 1 aromatic heterocycles. The largest absolute Gasteiger partial charge is 0.435 e. The van der Waals surface area contributed by atoms with Crippen molar-refractivity contribution < 1.29 is 31.1 Å². The standard InChI is InChI=1S/C24H26F3N3O5S/c1-14(2)29-20-12-15(21(31)28-24(3)8-10-36(33,34)11-9-24)4-7-18(20)30(23(29)32)19-13-16(35-22(26)27)5-6-17(19)25/h4-7,12-14,22H,8-11H2,1-3H3,(H,28,31). The SMILES string of the molecule is CC(C)n1c(=O)n(-c2cc(OC(F)F)ccc2F)c2ccc(C(=O)NC3(C)CCS(=O)(=O)CC3)cc21. The molecule has 0 spiro atoms. The van der Waals surface area contributed by atoms with Crippen LogP contribution in [0.4, 0.5) is 13.2 Å². The monoisotopic (exact) mass is 525 g/mol. The van der Waals surface area contributed by atoms with Crippen molar-refractivity contribution in [2.75, 3.05) is 11.5 Å². The highest BCUT2D eigenvalue weighted by atomic mass is 32.2. The number of benzene rings is 2. The Hall–Kier alpha value is -3.28. The number of carbonyl (C=O) groups is 1. The van der Waals surface area contributed by atoms with E-state index >= 15 is 0 Å². The zero-order valence-electron chi connectivity index (χ0n) is 19.9. The molecule has 12 heteroatoms. The molecule has 4 rings (SSSR count). The zero-order chi connectivity index (χ0) is 26.4. The Balaban J connectivity index is 1.77. The molecule has 194 valence electrons. The van der Waals surface area contributed by atoms with Crippen molar-refractivity contribution in [1.82, 2.24) is 14.5 Å². The minimum atomic E-state index is -3.12. The molecule has 3 aromatic rings. The Morgan fingerprint density at radius 3 is 2.36 bits per heavy atom. The Labute approximate surface area is 205 Å². The summed E-state index contributed by atoms with van der Waals surface area (Å²) in [5.41, 5.74) is -0.730. The first kappa shape index (κ1) is 25.8. The number of imidazole rings is 1. The van der Waals surface area contributed by atoms with Gasteiger partial charge >= 0.3 is 12.3 Å². The highest BCUT2D eigenvalue weighted by molar-refractivity contribution is 7.91. The van der Waals surface area contributed by atoms with E-state index in [0.717, 1.165) is 22.8 Å². The molecular formula is C24H26F3N3O5S. The molecule has 1 amide bonds. The molecule has 36 heavy (non-hydrogen) atoms. The molecular weight excluding hydrogens is 499 g/mol. The van der Waals surface area contributed by atoms with Gasteiger partial charge < -0.3 is 10.1 Å². The lowest BCUT2D eigenvalue weighted by molar-refractivity contribution is -0.0498. The van der Waals surface area contributed by atoms with E-state index in [2.05, 4.69) is 10.1 Å². The summed E-state index contributed by atoms with van der Waals surface area (Å²) in [6.07, 6.45) is 0.569. The molecule has 1 saturated heterocycles. The summed E-state index contributed by atoms with van der Waals surface area (Å²) in [7, 11) is -3.11. The molecule has 0 atom stereocenters. The van der Waals surface area contributed by atoms with E-state index in [9.17, 15) is 31.2 Å². The molecule has 1 fully saturated rings. The van der Waals surface area contributed by atoms with E-state index in [0.29, 0.717) is 5.52 Å². The first-order valence-corrected chi connectivity index (χ1v) is 13.2. The fraction of sp³-hybridized carbons (Fsp3) is 0.417. The predicted octanol–water partition coefficient (Wildman–Crippen LogP) is 3.81. The van der Waals surface area contributed by atoms with Crippen LogP contribution in [0, 0.1) is 5.82 Å². The van der Waals surface area contributed by atoms with Crippen LogP contribution in [-0.2, 0) is 9.84 Å². The molecule has 0 radical (unpaired) electrons. The van der Waals surface area contributed by atoms with Gasteiger partial charge in [-0.25, -0.2) is 17.6 Å². The number of carbonyl (C=O) groups excluding carboxylic acids is 1. The maximum Gasteiger partial charge on any atom is 0.387 e. The molecule has 0 aliphatic carbocycles. The average molecular weight is 526 g/mol. The normalized spacial score (nSPS) is 17.0. The number of hydrogen-bond donors (Lipinski definition) is 1. The Bertz CT molecular complexity index is 1480. The lowest BCUT2D eigenvalue weighted by Crippen LogP contribution is -2.50. The lowest BCUT2D eigenvalue weighted by atomic mass is 9.94. The second-order valence-electron chi connectivity index (χ2n) is 9.44. The van der Waals surface area contributed by atoms with Crippen LogP contribution in [0.25, 0.3) is 16.7 Å². The van der Waals surface area contributed by atoms with E-state index in [1.807, 2.05) is 0 Å². The van der Waals surface area contributed by atoms with Gasteiger partial charge in [-0.15, -0.1) is 0 Å². The van der Waals surface area contributed by atoms with Crippen LogP contribution >= 0.6 is 0 Å². The van der Waals surface area contributed by atoms with Gasteiger partial charge in [-0.2, -0.15) is 8.78 Å². The number of halogens is 3. The number of nitrogens with one attached hydrogen (secondary N) is 1. The molecule has 1 aliphatic rings. The van der Waals surface area contributed by atoms with Crippen LogP contribution in [0.3, 0.4) is 0 Å². The van der Waals surface area contributed by atoms with Gasteiger partial charge in [-0.05, 0) is 63.9 Å². The minimum Gasteiger partial charge on any atom is -0.435 e. The molecule has 2 aromatic carbocycles. The van der Waals surface area contributed by atoms with Crippen molar-refractivity contribution in [3.63, 3.8) is 0 Å². The summed E-state index contributed by atoms with van der Waals surface area (Å²) in [5, 5.41) is 2.91. The topological polar surface area (TPSA) is 99.4 Å². The van der Waals surface area contributed by atoms with Crippen LogP contribution in [0.5, 0.6) is 5.75 Å². The van der Waals surface area contributed by atoms with E-state index in [1.165, 1.54) is 22.8 Å². The molecule has 0 bridgehead atoms. The van der Waals surface area contributed by atoms with Gasteiger partial charge in [0.05, 0.1) is 28.2 Å². The van der Waals surface area contributed by atoms with Crippen LogP contribution in [-0.4, -0.2) is 47.1 Å². The number of rotatable bonds is 6. The smallest absolute Gasteiger partial charge is 0.387 e. The Kier molecular flexibility index (Phi) is 6.67. The number of hydrogen-bond acceptors (Lipinski definition) is 5. The van der Waals surface area contributed by atoms with E-state index in [-0.39, 0.29) is 52.9 Å². The number of sulfone groups is 1. The number of fused-ring (bicyclic) bond motifs is 1. The number of aromatic nitrogens is 2. The van der Waals surface area contributed by atoms with Gasteiger partial charge in [0, 0.05) is 23.2 Å². The van der Waals surface area contributed by atoms with Crippen molar-refractivity contribution in [3.8, 4) is 11.4 Å². The Morgan fingerprint density at radius 2 is 1.75 bits per heavy atom. The second kappa shape index (κ2) is 9.30. The molecule has 1 aliphatic heterocycles. The van der Waals surface area contributed by atoms with Crippen LogP contribution in [0.1, 0.15) is 50.0 Å². The lowest BCUT2D eigenvalue weighted by Gasteiger charge is -2.34. The average Bonchev–Trinajstić information content (AvgIpc) is 3.08. The first-order valence-electron chi connectivity index (χ1n) is 11.3. The van der Waals surface area contributed by atoms with Gasteiger partial charge in [0.25, 0.3) is 5.91 Å². The van der Waals surface area contributed by atoms with E-state index in [1.54, 1.807) is 20.8 Å². The Morgan fingerprint density at radius 1 is 1.08 bits per heavy atom. The van der Waals surface area contributed by atoms with Crippen molar-refractivity contribution in [2.45, 2.75) is 51.8 Å². The van der Waals surface area contributed by atoms with E-state index in [4.69, 9.17) is 0 Å². The second-order valence-corrected chi connectivity index (χ2v) is 11.7. The number of ether oxygens (including phenoxy) is 1. The molecule has 2 heterocycles. The maximum absolute atomic E-state index is 14.8. The van der Waals surface area contributed by atoms with Gasteiger partial charge in [0.2, 0.25) is 0 Å². The summed E-state index contributed by atoms with van der Waals surface area (Å²) in [5.74, 6) is -1.59. The number of alkyl halides is 2. The van der Waals surface area contributed by atoms with Crippen molar-refractivity contribution in [1.29, 1.82) is 0 Å². The predicted molar refractivity (Wildman–Crippen MR) is 128 cm³/mol. The quantitative estimate of drug-likeness (QED) is 0.528. The summed E-state index contributed by atoms with van der Waals surface area (Å²) in [4.78, 5) is 26.4. The number of amides is 1. The van der Waals surface area contributed by atoms with Crippen LogP contribution in [0.15, 0.2) is 41.2 Å². The van der Waals surface area contributed by atoms with E-state index < -0.39 is 39.4 Å². The fourth-order valence-electron chi connectivity index (χ4n) is 4.39.